The fraction of sp³-hybridized carbons (Fsp3) is 0.667. The Labute approximate surface area is 166 Å². The summed E-state index contributed by atoms with van der Waals surface area (Å²) in [7, 11) is 9.53. The number of guanidine groups is 1. The molecular weight excluding hydrogens is 358 g/mol. The summed E-state index contributed by atoms with van der Waals surface area (Å²) in [6.07, 6.45) is 5.84. The number of aromatic nitrogens is 5. The summed E-state index contributed by atoms with van der Waals surface area (Å²) < 4.78 is 8.93. The van der Waals surface area contributed by atoms with E-state index in [0.717, 1.165) is 43.5 Å². The van der Waals surface area contributed by atoms with Gasteiger partial charge in [-0.2, -0.15) is 10.2 Å². The molecule has 0 radical (unpaired) electrons. The highest BCUT2D eigenvalue weighted by atomic mass is 16.5. The Bertz CT molecular complexity index is 795. The minimum atomic E-state index is 0.206. The minimum absolute atomic E-state index is 0.206. The molecule has 2 unspecified atom stereocenters. The van der Waals surface area contributed by atoms with Gasteiger partial charge in [0.25, 0.3) is 0 Å². The third kappa shape index (κ3) is 4.87. The van der Waals surface area contributed by atoms with Crippen molar-refractivity contribution in [1.82, 2.24) is 40.1 Å². The zero-order valence-electron chi connectivity index (χ0n) is 17.4. The average Bonchev–Trinajstić information content (AvgIpc) is 3.26. The predicted octanol–water partition coefficient (Wildman–Crippen LogP) is -0.0593. The van der Waals surface area contributed by atoms with Gasteiger partial charge in [0.05, 0.1) is 18.8 Å². The summed E-state index contributed by atoms with van der Waals surface area (Å²) in [6, 6.07) is 0.462. The van der Waals surface area contributed by atoms with Crippen LogP contribution < -0.4 is 10.6 Å². The molecule has 0 bridgehead atoms. The molecule has 1 aliphatic rings. The monoisotopic (exact) mass is 389 g/mol. The summed E-state index contributed by atoms with van der Waals surface area (Å²) in [6.45, 7) is 1.95. The Morgan fingerprint density at radius 3 is 2.93 bits per heavy atom. The highest BCUT2D eigenvalue weighted by Crippen LogP contribution is 2.16. The van der Waals surface area contributed by atoms with Gasteiger partial charge in [-0.3, -0.25) is 9.67 Å². The molecule has 10 nitrogen and oxygen atoms in total. The topological polar surface area (TPSA) is 97.4 Å². The van der Waals surface area contributed by atoms with Crippen molar-refractivity contribution in [3.8, 4) is 0 Å². The van der Waals surface area contributed by atoms with E-state index in [0.29, 0.717) is 6.61 Å². The first-order chi connectivity index (χ1) is 13.5. The first-order valence-corrected chi connectivity index (χ1v) is 9.53. The second kappa shape index (κ2) is 9.16. The molecule has 28 heavy (non-hydrogen) atoms. The number of aliphatic imine (C=N–C) groups is 1. The van der Waals surface area contributed by atoms with Crippen LogP contribution in [0.4, 0.5) is 0 Å². The lowest BCUT2D eigenvalue weighted by molar-refractivity contribution is 0.177. The van der Waals surface area contributed by atoms with E-state index in [2.05, 4.69) is 49.8 Å². The number of nitrogens with zero attached hydrogens (tertiary/aromatic N) is 7. The third-order valence-corrected chi connectivity index (χ3v) is 4.94. The second-order valence-electron chi connectivity index (χ2n) is 7.32. The molecule has 0 spiro atoms. The van der Waals surface area contributed by atoms with E-state index in [-0.39, 0.29) is 12.1 Å². The molecule has 2 aromatic rings. The van der Waals surface area contributed by atoms with Crippen LogP contribution in [0.5, 0.6) is 0 Å². The molecule has 10 heteroatoms. The lowest BCUT2D eigenvalue weighted by Gasteiger charge is -2.28. The quantitative estimate of drug-likeness (QED) is 0.506. The van der Waals surface area contributed by atoms with E-state index >= 15 is 0 Å². The molecular formula is C18H31N9O. The molecule has 2 atom stereocenters. The van der Waals surface area contributed by atoms with Crippen molar-refractivity contribution in [2.45, 2.75) is 38.1 Å². The Balaban J connectivity index is 1.57. The van der Waals surface area contributed by atoms with Gasteiger partial charge in [-0.05, 0) is 20.5 Å². The van der Waals surface area contributed by atoms with E-state index in [1.54, 1.807) is 14.2 Å². The van der Waals surface area contributed by atoms with Crippen LogP contribution in [0.25, 0.3) is 0 Å². The van der Waals surface area contributed by atoms with E-state index in [4.69, 9.17) is 4.74 Å². The van der Waals surface area contributed by atoms with Crippen LogP contribution in [0.1, 0.15) is 29.7 Å². The number of hydrogen-bond acceptors (Lipinski definition) is 6. The van der Waals surface area contributed by atoms with Gasteiger partial charge in [-0.25, -0.2) is 9.67 Å². The first-order valence-electron chi connectivity index (χ1n) is 9.53. The van der Waals surface area contributed by atoms with Crippen molar-refractivity contribution in [2.75, 3.05) is 34.8 Å². The number of methoxy groups -OCH3 is 1. The maximum atomic E-state index is 5.13. The molecule has 2 N–H and O–H groups in total. The molecule has 1 aliphatic heterocycles. The van der Waals surface area contributed by atoms with Crippen LogP contribution in [0.15, 0.2) is 17.4 Å². The smallest absolute Gasteiger partial charge is 0.191 e. The second-order valence-corrected chi connectivity index (χ2v) is 7.32. The largest absolute Gasteiger partial charge is 0.377 e. The van der Waals surface area contributed by atoms with Crippen LogP contribution in [0.3, 0.4) is 0 Å². The lowest BCUT2D eigenvalue weighted by Crippen LogP contribution is -2.48. The summed E-state index contributed by atoms with van der Waals surface area (Å²) in [5.74, 6) is 2.56. The molecule has 0 aliphatic carbocycles. The number of likely N-dealkylation sites (N-methyl/N-ethyl adjacent to an activating group) is 1. The highest BCUT2D eigenvalue weighted by molar-refractivity contribution is 5.80. The van der Waals surface area contributed by atoms with E-state index < -0.39 is 0 Å². The van der Waals surface area contributed by atoms with Crippen LogP contribution in [0, 0.1) is 0 Å². The Kier molecular flexibility index (Phi) is 6.63. The van der Waals surface area contributed by atoms with Crippen LogP contribution >= 0.6 is 0 Å². The number of rotatable bonds is 7. The molecule has 2 aromatic heterocycles. The molecule has 0 fully saturated rings. The first kappa shape index (κ1) is 20.3. The number of aryl methyl sites for hydroxylation is 2. The van der Waals surface area contributed by atoms with E-state index in [1.165, 1.54) is 5.56 Å². The Hall–Kier alpha value is -2.46. The van der Waals surface area contributed by atoms with Gasteiger partial charge in [0, 0.05) is 52.0 Å². The molecule has 3 heterocycles. The van der Waals surface area contributed by atoms with Crippen LogP contribution in [0.2, 0.25) is 0 Å². The van der Waals surface area contributed by atoms with Gasteiger partial charge in [-0.1, -0.05) is 0 Å². The Morgan fingerprint density at radius 2 is 2.29 bits per heavy atom. The maximum absolute atomic E-state index is 5.13. The maximum Gasteiger partial charge on any atom is 0.191 e. The summed E-state index contributed by atoms with van der Waals surface area (Å²) in [4.78, 5) is 11.1. The fourth-order valence-electron chi connectivity index (χ4n) is 3.46. The molecule has 3 rings (SSSR count). The summed E-state index contributed by atoms with van der Waals surface area (Å²) in [5.41, 5.74) is 1.17. The lowest BCUT2D eigenvalue weighted by atomic mass is 10.1. The predicted molar refractivity (Wildman–Crippen MR) is 107 cm³/mol. The molecule has 0 saturated carbocycles. The molecule has 0 aromatic carbocycles. The number of hydrogen-bond donors (Lipinski definition) is 2. The zero-order chi connectivity index (χ0) is 20.1. The molecule has 154 valence electrons. The van der Waals surface area contributed by atoms with Crippen molar-refractivity contribution in [3.05, 3.63) is 29.6 Å². The summed E-state index contributed by atoms with van der Waals surface area (Å²) in [5, 5.41) is 15.8. The van der Waals surface area contributed by atoms with Crippen molar-refractivity contribution in [3.63, 3.8) is 0 Å². The highest BCUT2D eigenvalue weighted by Gasteiger charge is 2.23. The number of fused-ring (bicyclic) bond motifs is 1. The normalized spacial score (nSPS) is 18.2. The third-order valence-electron chi connectivity index (χ3n) is 4.94. The molecule has 0 saturated heterocycles. The Morgan fingerprint density at radius 1 is 1.46 bits per heavy atom. The zero-order valence-corrected chi connectivity index (χ0v) is 17.4. The van der Waals surface area contributed by atoms with Crippen molar-refractivity contribution < 1.29 is 4.74 Å². The standard InChI is InChI=1S/C18H31N9O/c1-19-18(20-9-15(25(2)3)13-8-21-26(4)10-13)22-14-6-7-17-23-16(12-28-5)24-27(17)11-14/h8,10,14-15H,6-7,9,11-12H2,1-5H3,(H2,19,20,22). The van der Waals surface area contributed by atoms with Gasteiger partial charge >= 0.3 is 0 Å². The van der Waals surface area contributed by atoms with E-state index in [9.17, 15) is 0 Å². The minimum Gasteiger partial charge on any atom is -0.377 e. The average molecular weight is 390 g/mol. The van der Waals surface area contributed by atoms with Gasteiger partial charge in [-0.15, -0.1) is 0 Å². The van der Waals surface area contributed by atoms with Crippen molar-refractivity contribution in [2.24, 2.45) is 12.0 Å². The fourth-order valence-corrected chi connectivity index (χ4v) is 3.46. The van der Waals surface area contributed by atoms with Gasteiger partial charge in [0.1, 0.15) is 12.4 Å². The SMILES string of the molecule is CN=C(NCC(c1cnn(C)c1)N(C)C)NC1CCc2nc(COC)nn2C1. The molecule has 0 amide bonds. The van der Waals surface area contributed by atoms with Crippen LogP contribution in [-0.2, 0) is 31.4 Å². The van der Waals surface area contributed by atoms with Gasteiger partial charge in [0.2, 0.25) is 0 Å². The van der Waals surface area contributed by atoms with Crippen molar-refractivity contribution in [1.29, 1.82) is 0 Å². The number of nitrogens with one attached hydrogen (secondary N) is 2. The van der Waals surface area contributed by atoms with Crippen molar-refractivity contribution >= 4 is 5.96 Å². The summed E-state index contributed by atoms with van der Waals surface area (Å²) >= 11 is 0. The van der Waals surface area contributed by atoms with Crippen LogP contribution in [-0.4, -0.2) is 76.2 Å². The number of ether oxygens (including phenoxy) is 1. The van der Waals surface area contributed by atoms with E-state index in [1.807, 2.05) is 28.8 Å². The van der Waals surface area contributed by atoms with Gasteiger partial charge in [0.15, 0.2) is 11.8 Å². The van der Waals surface area contributed by atoms with Gasteiger partial charge < -0.3 is 20.3 Å².